The van der Waals surface area contributed by atoms with Crippen LogP contribution in [-0.4, -0.2) is 0 Å². The first-order valence-corrected chi connectivity index (χ1v) is 6.58. The first-order chi connectivity index (χ1) is 8.54. The summed E-state index contributed by atoms with van der Waals surface area (Å²) in [5.74, 6) is -0.254. The lowest BCUT2D eigenvalue weighted by Crippen LogP contribution is -1.96. The van der Waals surface area contributed by atoms with Crippen molar-refractivity contribution in [3.05, 3.63) is 69.5 Å². The molecule has 0 fully saturated rings. The molecule has 0 aliphatic carbocycles. The van der Waals surface area contributed by atoms with Crippen molar-refractivity contribution in [3.63, 3.8) is 0 Å². The lowest BCUT2D eigenvalue weighted by Gasteiger charge is -2.11. The second kappa shape index (κ2) is 5.92. The molecule has 18 heavy (non-hydrogen) atoms. The normalized spacial score (nSPS) is 12.4. The average molecular weight is 304 g/mol. The number of rotatable bonds is 3. The van der Waals surface area contributed by atoms with Crippen molar-refractivity contribution < 1.29 is 4.39 Å². The Labute approximate surface area is 120 Å². The maximum absolute atomic E-state index is 12.8. The smallest absolute Gasteiger partial charge is 0.123 e. The van der Waals surface area contributed by atoms with Crippen LogP contribution in [0.1, 0.15) is 16.5 Å². The average Bonchev–Trinajstić information content (AvgIpc) is 2.31. The number of alkyl halides is 1. The maximum Gasteiger partial charge on any atom is 0.123 e. The van der Waals surface area contributed by atoms with Crippen LogP contribution >= 0.6 is 34.8 Å². The van der Waals surface area contributed by atoms with Gasteiger partial charge in [-0.15, -0.1) is 11.6 Å². The zero-order chi connectivity index (χ0) is 13.1. The quantitative estimate of drug-likeness (QED) is 0.642. The topological polar surface area (TPSA) is 0 Å². The molecule has 0 saturated heterocycles. The van der Waals surface area contributed by atoms with Gasteiger partial charge in [0.05, 0.1) is 5.38 Å². The zero-order valence-corrected chi connectivity index (χ0v) is 11.6. The molecule has 0 spiro atoms. The van der Waals surface area contributed by atoms with Crippen molar-refractivity contribution in [2.24, 2.45) is 0 Å². The van der Waals surface area contributed by atoms with Gasteiger partial charge in [0.15, 0.2) is 0 Å². The van der Waals surface area contributed by atoms with Gasteiger partial charge >= 0.3 is 0 Å². The van der Waals surface area contributed by atoms with Crippen LogP contribution in [-0.2, 0) is 6.42 Å². The molecule has 0 amide bonds. The molecule has 94 valence electrons. The highest BCUT2D eigenvalue weighted by Crippen LogP contribution is 2.29. The number of hydrogen-bond acceptors (Lipinski definition) is 0. The molecular weight excluding hydrogens is 294 g/mol. The van der Waals surface area contributed by atoms with Crippen LogP contribution in [0.4, 0.5) is 4.39 Å². The van der Waals surface area contributed by atoms with E-state index in [1.54, 1.807) is 30.3 Å². The fourth-order valence-corrected chi connectivity index (χ4v) is 2.55. The van der Waals surface area contributed by atoms with E-state index in [-0.39, 0.29) is 11.2 Å². The van der Waals surface area contributed by atoms with Crippen molar-refractivity contribution in [1.82, 2.24) is 0 Å². The van der Waals surface area contributed by atoms with E-state index in [9.17, 15) is 4.39 Å². The molecule has 2 aromatic rings. The van der Waals surface area contributed by atoms with Gasteiger partial charge in [-0.05, 0) is 47.9 Å². The molecule has 2 rings (SSSR count). The molecule has 0 bridgehead atoms. The summed E-state index contributed by atoms with van der Waals surface area (Å²) in [5, 5.41) is 0.871. The highest BCUT2D eigenvalue weighted by atomic mass is 35.5. The van der Waals surface area contributed by atoms with Gasteiger partial charge in [-0.25, -0.2) is 4.39 Å². The van der Waals surface area contributed by atoms with Crippen molar-refractivity contribution in [2.75, 3.05) is 0 Å². The fourth-order valence-electron chi connectivity index (χ4n) is 1.70. The summed E-state index contributed by atoms with van der Waals surface area (Å²) in [6.07, 6.45) is 0.596. The summed E-state index contributed by atoms with van der Waals surface area (Å²) in [5.41, 5.74) is 1.82. The van der Waals surface area contributed by atoms with E-state index in [2.05, 4.69) is 0 Å². The maximum atomic E-state index is 12.8. The SMILES string of the molecule is Fc1ccc(CC(Cl)c2cc(Cl)cc(Cl)c2)cc1. The molecule has 0 aliphatic rings. The third-order valence-corrected chi connectivity index (χ3v) is 3.42. The van der Waals surface area contributed by atoms with Crippen molar-refractivity contribution >= 4 is 34.8 Å². The molecule has 0 N–H and O–H groups in total. The van der Waals surface area contributed by atoms with Gasteiger partial charge < -0.3 is 0 Å². The largest absolute Gasteiger partial charge is 0.207 e. The molecule has 0 heterocycles. The summed E-state index contributed by atoms with van der Waals surface area (Å²) < 4.78 is 12.8. The minimum atomic E-state index is -0.254. The first kappa shape index (κ1) is 13.7. The van der Waals surface area contributed by atoms with Gasteiger partial charge in [0.2, 0.25) is 0 Å². The predicted octanol–water partition coefficient (Wildman–Crippen LogP) is 5.66. The Hall–Kier alpha value is -0.760. The molecule has 2 aromatic carbocycles. The van der Waals surface area contributed by atoms with E-state index in [1.807, 2.05) is 0 Å². The fraction of sp³-hybridized carbons (Fsp3) is 0.143. The van der Waals surface area contributed by atoms with Crippen LogP contribution in [0.2, 0.25) is 10.0 Å². The molecule has 0 saturated carbocycles. The van der Waals surface area contributed by atoms with E-state index in [0.29, 0.717) is 16.5 Å². The summed E-state index contributed by atoms with van der Waals surface area (Å²) in [6.45, 7) is 0. The van der Waals surface area contributed by atoms with Crippen LogP contribution in [0.3, 0.4) is 0 Å². The second-order valence-corrected chi connectivity index (χ2v) is 5.40. The van der Waals surface area contributed by atoms with Gasteiger partial charge in [-0.1, -0.05) is 35.3 Å². The number of benzene rings is 2. The van der Waals surface area contributed by atoms with E-state index in [4.69, 9.17) is 34.8 Å². The van der Waals surface area contributed by atoms with Crippen molar-refractivity contribution in [3.8, 4) is 0 Å². The summed E-state index contributed by atoms with van der Waals surface area (Å²) in [4.78, 5) is 0. The third kappa shape index (κ3) is 3.61. The summed E-state index contributed by atoms with van der Waals surface area (Å²) in [7, 11) is 0. The lowest BCUT2D eigenvalue weighted by atomic mass is 10.0. The zero-order valence-electron chi connectivity index (χ0n) is 9.34. The molecular formula is C14H10Cl3F. The van der Waals surface area contributed by atoms with E-state index in [0.717, 1.165) is 11.1 Å². The second-order valence-electron chi connectivity index (χ2n) is 4.00. The molecule has 0 aliphatic heterocycles. The summed E-state index contributed by atoms with van der Waals surface area (Å²) >= 11 is 18.2. The van der Waals surface area contributed by atoms with Crippen molar-refractivity contribution in [2.45, 2.75) is 11.8 Å². The standard InChI is InChI=1S/C14H10Cl3F/c15-11-6-10(7-12(16)8-11)14(17)5-9-1-3-13(18)4-2-9/h1-4,6-8,14H,5H2. The molecule has 0 nitrogen and oxygen atoms in total. The Kier molecular flexibility index (Phi) is 4.50. The van der Waals surface area contributed by atoms with Crippen LogP contribution in [0.15, 0.2) is 42.5 Å². The van der Waals surface area contributed by atoms with E-state index in [1.165, 1.54) is 12.1 Å². The van der Waals surface area contributed by atoms with Gasteiger partial charge in [0.25, 0.3) is 0 Å². The lowest BCUT2D eigenvalue weighted by molar-refractivity contribution is 0.627. The molecule has 0 radical (unpaired) electrons. The number of hydrogen-bond donors (Lipinski definition) is 0. The Bertz CT molecular complexity index is 517. The molecule has 0 aromatic heterocycles. The summed E-state index contributed by atoms with van der Waals surface area (Å²) in [6, 6.07) is 11.5. The minimum Gasteiger partial charge on any atom is -0.207 e. The Morgan fingerprint density at radius 1 is 0.944 bits per heavy atom. The third-order valence-electron chi connectivity index (χ3n) is 2.57. The van der Waals surface area contributed by atoms with E-state index < -0.39 is 0 Å². The van der Waals surface area contributed by atoms with Gasteiger partial charge in [-0.2, -0.15) is 0 Å². The van der Waals surface area contributed by atoms with Crippen LogP contribution in [0, 0.1) is 5.82 Å². The minimum absolute atomic E-state index is 0.244. The molecule has 1 atom stereocenters. The highest BCUT2D eigenvalue weighted by Gasteiger charge is 2.10. The Morgan fingerprint density at radius 2 is 1.50 bits per heavy atom. The van der Waals surface area contributed by atoms with Gasteiger partial charge in [-0.3, -0.25) is 0 Å². The van der Waals surface area contributed by atoms with Crippen LogP contribution < -0.4 is 0 Å². The molecule has 4 heteroatoms. The monoisotopic (exact) mass is 302 g/mol. The highest BCUT2D eigenvalue weighted by molar-refractivity contribution is 6.35. The number of halogens is 4. The predicted molar refractivity (Wildman–Crippen MR) is 75.2 cm³/mol. The van der Waals surface area contributed by atoms with Gasteiger partial charge in [0, 0.05) is 10.0 Å². The van der Waals surface area contributed by atoms with Crippen molar-refractivity contribution in [1.29, 1.82) is 0 Å². The first-order valence-electron chi connectivity index (χ1n) is 5.39. The Morgan fingerprint density at radius 3 is 2.06 bits per heavy atom. The van der Waals surface area contributed by atoms with Gasteiger partial charge in [0.1, 0.15) is 5.82 Å². The van der Waals surface area contributed by atoms with Crippen LogP contribution in [0.5, 0.6) is 0 Å². The van der Waals surface area contributed by atoms with Crippen LogP contribution in [0.25, 0.3) is 0 Å². The van der Waals surface area contributed by atoms with E-state index >= 15 is 0 Å². The molecule has 1 unspecified atom stereocenters. The Balaban J connectivity index is 2.16.